The van der Waals surface area contributed by atoms with Crippen molar-refractivity contribution in [3.63, 3.8) is 0 Å². The third kappa shape index (κ3) is 2.83. The van der Waals surface area contributed by atoms with Crippen LogP contribution in [0.25, 0.3) is 0 Å². The molecule has 0 fully saturated rings. The summed E-state index contributed by atoms with van der Waals surface area (Å²) in [4.78, 5) is 10.7. The van der Waals surface area contributed by atoms with Crippen molar-refractivity contribution < 1.29 is 4.92 Å². The van der Waals surface area contributed by atoms with Crippen LogP contribution in [0.4, 0.5) is 0 Å². The predicted molar refractivity (Wildman–Crippen MR) is 76.0 cm³/mol. The number of nitrogens with zero attached hydrogens (tertiary/aromatic N) is 2. The molecule has 0 saturated carbocycles. The maximum Gasteiger partial charge on any atom is 0.214 e. The van der Waals surface area contributed by atoms with E-state index in [0.29, 0.717) is 11.1 Å². The standard InChI is InChI=1S/C16H14N2O2/c1-12-6-2-4-8-14(12)16(11-18(19)20)15-9-5-3-7-13(15)10-17/h2-9,16H,11H2,1H3. The number of hydrogen-bond acceptors (Lipinski definition) is 3. The minimum atomic E-state index is -0.401. The second-order valence-corrected chi connectivity index (χ2v) is 4.62. The Kier molecular flexibility index (Phi) is 4.11. The van der Waals surface area contributed by atoms with E-state index in [9.17, 15) is 15.4 Å². The van der Waals surface area contributed by atoms with Gasteiger partial charge in [0.1, 0.15) is 0 Å². The van der Waals surface area contributed by atoms with Crippen molar-refractivity contribution in [2.45, 2.75) is 12.8 Å². The quantitative estimate of drug-likeness (QED) is 0.630. The van der Waals surface area contributed by atoms with Crippen LogP contribution in [-0.4, -0.2) is 11.5 Å². The molecule has 20 heavy (non-hydrogen) atoms. The molecule has 1 unspecified atom stereocenters. The highest BCUT2D eigenvalue weighted by Crippen LogP contribution is 2.29. The Morgan fingerprint density at radius 2 is 1.75 bits per heavy atom. The molecule has 2 aromatic carbocycles. The fraction of sp³-hybridized carbons (Fsp3) is 0.188. The second kappa shape index (κ2) is 5.98. The van der Waals surface area contributed by atoms with Crippen LogP contribution in [0.2, 0.25) is 0 Å². The Morgan fingerprint density at radius 3 is 2.35 bits per heavy atom. The van der Waals surface area contributed by atoms with Gasteiger partial charge in [0.25, 0.3) is 0 Å². The summed E-state index contributed by atoms with van der Waals surface area (Å²) in [6.45, 7) is 1.71. The van der Waals surface area contributed by atoms with E-state index in [0.717, 1.165) is 11.1 Å². The number of benzene rings is 2. The Morgan fingerprint density at radius 1 is 1.15 bits per heavy atom. The Balaban J connectivity index is 2.57. The third-order valence-electron chi connectivity index (χ3n) is 3.35. The zero-order valence-electron chi connectivity index (χ0n) is 11.1. The molecule has 0 radical (unpaired) electrons. The molecule has 0 N–H and O–H groups in total. The van der Waals surface area contributed by atoms with Gasteiger partial charge >= 0.3 is 0 Å². The summed E-state index contributed by atoms with van der Waals surface area (Å²) >= 11 is 0. The first-order chi connectivity index (χ1) is 9.63. The minimum absolute atomic E-state index is 0.219. The molecule has 0 aliphatic carbocycles. The molecule has 2 aromatic rings. The minimum Gasteiger partial charge on any atom is -0.265 e. The van der Waals surface area contributed by atoms with Crippen LogP contribution < -0.4 is 0 Å². The lowest BCUT2D eigenvalue weighted by molar-refractivity contribution is -0.481. The first-order valence-electron chi connectivity index (χ1n) is 6.30. The van der Waals surface area contributed by atoms with E-state index in [4.69, 9.17) is 0 Å². The van der Waals surface area contributed by atoms with Crippen LogP contribution in [0.5, 0.6) is 0 Å². The number of nitro groups is 1. The first-order valence-corrected chi connectivity index (χ1v) is 6.30. The Bertz CT molecular complexity index is 674. The molecule has 0 amide bonds. The summed E-state index contributed by atoms with van der Waals surface area (Å²) in [6.07, 6.45) is 0. The van der Waals surface area contributed by atoms with Gasteiger partial charge in [0.15, 0.2) is 0 Å². The molecule has 2 rings (SSSR count). The second-order valence-electron chi connectivity index (χ2n) is 4.62. The van der Waals surface area contributed by atoms with Gasteiger partial charge in [-0.1, -0.05) is 42.5 Å². The summed E-state index contributed by atoms with van der Waals surface area (Å²) in [6, 6.07) is 16.8. The van der Waals surface area contributed by atoms with Crippen LogP contribution in [0.1, 0.15) is 28.2 Å². The van der Waals surface area contributed by atoms with Gasteiger partial charge in [-0.3, -0.25) is 10.1 Å². The van der Waals surface area contributed by atoms with E-state index in [1.165, 1.54) is 0 Å². The normalized spacial score (nSPS) is 11.6. The highest BCUT2D eigenvalue weighted by atomic mass is 16.6. The van der Waals surface area contributed by atoms with Gasteiger partial charge in [-0.15, -0.1) is 0 Å². The molecule has 0 spiro atoms. The summed E-state index contributed by atoms with van der Waals surface area (Å²) in [5.41, 5.74) is 3.09. The predicted octanol–water partition coefficient (Wildman–Crippen LogP) is 3.28. The zero-order valence-corrected chi connectivity index (χ0v) is 11.1. The van der Waals surface area contributed by atoms with Crippen molar-refractivity contribution in [1.82, 2.24) is 0 Å². The molecule has 0 saturated heterocycles. The van der Waals surface area contributed by atoms with Crippen molar-refractivity contribution in [3.8, 4) is 6.07 Å². The summed E-state index contributed by atoms with van der Waals surface area (Å²) in [7, 11) is 0. The van der Waals surface area contributed by atoms with Crippen molar-refractivity contribution >= 4 is 0 Å². The summed E-state index contributed by atoms with van der Waals surface area (Å²) in [5.74, 6) is -0.401. The lowest BCUT2D eigenvalue weighted by atomic mass is 9.86. The topological polar surface area (TPSA) is 66.9 Å². The highest BCUT2D eigenvalue weighted by Gasteiger charge is 2.23. The van der Waals surface area contributed by atoms with Crippen LogP contribution in [-0.2, 0) is 0 Å². The van der Waals surface area contributed by atoms with E-state index in [-0.39, 0.29) is 11.5 Å². The average molecular weight is 266 g/mol. The van der Waals surface area contributed by atoms with Crippen molar-refractivity contribution in [1.29, 1.82) is 5.26 Å². The highest BCUT2D eigenvalue weighted by molar-refractivity contribution is 5.46. The van der Waals surface area contributed by atoms with Gasteiger partial charge in [0, 0.05) is 4.92 Å². The molecular formula is C16H14N2O2. The number of aryl methyl sites for hydroxylation is 1. The maximum atomic E-state index is 11.0. The van der Waals surface area contributed by atoms with Crippen LogP contribution >= 0.6 is 0 Å². The molecule has 4 nitrogen and oxygen atoms in total. The number of hydrogen-bond donors (Lipinski definition) is 0. The SMILES string of the molecule is Cc1ccccc1C(C[N+](=O)[O-])c1ccccc1C#N. The fourth-order valence-electron chi connectivity index (χ4n) is 2.39. The molecule has 0 bridgehead atoms. The molecule has 0 aliphatic heterocycles. The lowest BCUT2D eigenvalue weighted by Gasteiger charge is -2.17. The molecular weight excluding hydrogens is 252 g/mol. The van der Waals surface area contributed by atoms with Gasteiger partial charge in [-0.25, -0.2) is 0 Å². The Labute approximate surface area is 117 Å². The van der Waals surface area contributed by atoms with E-state index >= 15 is 0 Å². The third-order valence-corrected chi connectivity index (χ3v) is 3.35. The van der Waals surface area contributed by atoms with Gasteiger partial charge < -0.3 is 0 Å². The van der Waals surface area contributed by atoms with Crippen LogP contribution in [0.15, 0.2) is 48.5 Å². The van der Waals surface area contributed by atoms with Gasteiger partial charge in [-0.05, 0) is 29.7 Å². The fourth-order valence-corrected chi connectivity index (χ4v) is 2.39. The van der Waals surface area contributed by atoms with E-state index < -0.39 is 5.92 Å². The van der Waals surface area contributed by atoms with Gasteiger partial charge in [0.2, 0.25) is 6.54 Å². The smallest absolute Gasteiger partial charge is 0.214 e. The van der Waals surface area contributed by atoms with E-state index in [1.54, 1.807) is 24.3 Å². The largest absolute Gasteiger partial charge is 0.265 e. The van der Waals surface area contributed by atoms with Crippen LogP contribution in [0, 0.1) is 28.4 Å². The number of nitriles is 1. The van der Waals surface area contributed by atoms with Crippen molar-refractivity contribution in [3.05, 3.63) is 80.9 Å². The van der Waals surface area contributed by atoms with Gasteiger partial charge in [0.05, 0.1) is 17.6 Å². The summed E-state index contributed by atoms with van der Waals surface area (Å²) in [5, 5.41) is 20.2. The number of rotatable bonds is 4. The molecule has 0 aliphatic rings. The molecule has 1 atom stereocenters. The van der Waals surface area contributed by atoms with E-state index in [2.05, 4.69) is 6.07 Å². The van der Waals surface area contributed by atoms with Crippen molar-refractivity contribution in [2.75, 3.05) is 6.54 Å². The molecule has 4 heteroatoms. The van der Waals surface area contributed by atoms with Crippen LogP contribution in [0.3, 0.4) is 0 Å². The first kappa shape index (κ1) is 13.8. The molecule has 0 aromatic heterocycles. The molecule has 100 valence electrons. The van der Waals surface area contributed by atoms with Gasteiger partial charge in [-0.2, -0.15) is 5.26 Å². The monoisotopic (exact) mass is 266 g/mol. The zero-order chi connectivity index (χ0) is 14.5. The van der Waals surface area contributed by atoms with Crippen molar-refractivity contribution in [2.24, 2.45) is 0 Å². The average Bonchev–Trinajstić information content (AvgIpc) is 2.45. The lowest BCUT2D eigenvalue weighted by Crippen LogP contribution is -2.16. The maximum absolute atomic E-state index is 11.0. The Hall–Kier alpha value is -2.67. The molecule has 0 heterocycles. The van der Waals surface area contributed by atoms with E-state index in [1.807, 2.05) is 31.2 Å². The summed E-state index contributed by atoms with van der Waals surface area (Å²) < 4.78 is 0.